The Morgan fingerprint density at radius 2 is 1.76 bits per heavy atom. The minimum atomic E-state index is -3.69. The van der Waals surface area contributed by atoms with Crippen molar-refractivity contribution in [2.45, 2.75) is 24.3 Å². The molecule has 10 heteroatoms. The van der Waals surface area contributed by atoms with Crippen molar-refractivity contribution in [2.75, 3.05) is 33.4 Å². The van der Waals surface area contributed by atoms with Gasteiger partial charge in [-0.3, -0.25) is 9.59 Å². The lowest BCUT2D eigenvalue weighted by Gasteiger charge is -2.31. The number of fused-ring (bicyclic) bond motifs is 1. The molecule has 9 nitrogen and oxygen atoms in total. The highest BCUT2D eigenvalue weighted by Gasteiger charge is 2.32. The molecule has 0 aliphatic carbocycles. The summed E-state index contributed by atoms with van der Waals surface area (Å²) in [6.07, 6.45) is 0.877. The number of nitrogens with zero attached hydrogens (tertiary/aromatic N) is 1. The molecule has 0 spiro atoms. The van der Waals surface area contributed by atoms with Crippen LogP contribution in [0.25, 0.3) is 0 Å². The average Bonchev–Trinajstić information content (AvgIpc) is 2.86. The number of hydrogen-bond donors (Lipinski definition) is 2. The zero-order chi connectivity index (χ0) is 23.4. The summed E-state index contributed by atoms with van der Waals surface area (Å²) < 4.78 is 38.5. The Labute approximate surface area is 193 Å². The standard InChI is InChI=1S/C23H27N3O6S/c1-24-22(27)18-4-2-3-16(13-18)15-25-23(28)17-7-9-26(10-8-17)33(29,30)19-5-6-20-21(14-19)32-12-11-31-20/h2-6,13-14,17H,7-12,15H2,1H3,(H,24,27)(H,25,28). The molecular weight excluding hydrogens is 446 g/mol. The molecule has 0 aromatic heterocycles. The van der Waals surface area contributed by atoms with Crippen LogP contribution in [-0.2, 0) is 21.4 Å². The summed E-state index contributed by atoms with van der Waals surface area (Å²) >= 11 is 0. The first-order valence-electron chi connectivity index (χ1n) is 10.9. The van der Waals surface area contributed by atoms with Crippen LogP contribution >= 0.6 is 0 Å². The quantitative estimate of drug-likeness (QED) is 0.658. The Morgan fingerprint density at radius 1 is 1.03 bits per heavy atom. The van der Waals surface area contributed by atoms with E-state index < -0.39 is 10.0 Å². The topological polar surface area (TPSA) is 114 Å². The van der Waals surface area contributed by atoms with Crippen molar-refractivity contribution in [1.82, 2.24) is 14.9 Å². The molecule has 2 aliphatic rings. The van der Waals surface area contributed by atoms with E-state index in [0.717, 1.165) is 5.56 Å². The first kappa shape index (κ1) is 23.1. The van der Waals surface area contributed by atoms with E-state index in [0.29, 0.717) is 49.7 Å². The fourth-order valence-corrected chi connectivity index (χ4v) is 5.48. The van der Waals surface area contributed by atoms with Gasteiger partial charge in [-0.2, -0.15) is 4.31 Å². The fourth-order valence-electron chi connectivity index (χ4n) is 3.99. The van der Waals surface area contributed by atoms with E-state index in [9.17, 15) is 18.0 Å². The molecule has 2 amide bonds. The molecule has 33 heavy (non-hydrogen) atoms. The molecule has 2 aromatic carbocycles. The number of ether oxygens (including phenoxy) is 2. The maximum atomic E-state index is 13.1. The van der Waals surface area contributed by atoms with Gasteiger partial charge in [-0.15, -0.1) is 0 Å². The maximum absolute atomic E-state index is 13.1. The Balaban J connectivity index is 1.33. The SMILES string of the molecule is CNC(=O)c1cccc(CNC(=O)C2CCN(S(=O)(=O)c3ccc4c(c3)OCCO4)CC2)c1. The molecule has 0 saturated carbocycles. The zero-order valence-corrected chi connectivity index (χ0v) is 19.2. The normalized spacial score (nSPS) is 16.8. The van der Waals surface area contributed by atoms with Gasteiger partial charge in [-0.05, 0) is 42.7 Å². The van der Waals surface area contributed by atoms with Gasteiger partial charge in [0, 0.05) is 44.2 Å². The Bertz CT molecular complexity index is 1140. The van der Waals surface area contributed by atoms with E-state index in [1.165, 1.54) is 16.4 Å². The largest absolute Gasteiger partial charge is 0.486 e. The monoisotopic (exact) mass is 473 g/mol. The van der Waals surface area contributed by atoms with Crippen molar-refractivity contribution < 1.29 is 27.5 Å². The highest BCUT2D eigenvalue weighted by Crippen LogP contribution is 2.34. The van der Waals surface area contributed by atoms with Crippen LogP contribution in [0, 0.1) is 5.92 Å². The molecular formula is C23H27N3O6S. The Hall–Kier alpha value is -3.11. The summed E-state index contributed by atoms with van der Waals surface area (Å²) in [5, 5.41) is 5.48. The van der Waals surface area contributed by atoms with Gasteiger partial charge in [0.1, 0.15) is 13.2 Å². The van der Waals surface area contributed by atoms with Crippen molar-refractivity contribution in [2.24, 2.45) is 5.92 Å². The summed E-state index contributed by atoms with van der Waals surface area (Å²) in [7, 11) is -2.12. The van der Waals surface area contributed by atoms with E-state index in [-0.39, 0.29) is 35.7 Å². The molecule has 2 aliphatic heterocycles. The number of piperidine rings is 1. The van der Waals surface area contributed by atoms with Crippen molar-refractivity contribution in [1.29, 1.82) is 0 Å². The van der Waals surface area contributed by atoms with Gasteiger partial charge in [0.2, 0.25) is 15.9 Å². The molecule has 176 valence electrons. The second-order valence-corrected chi connectivity index (χ2v) is 9.92. The minimum Gasteiger partial charge on any atom is -0.486 e. The smallest absolute Gasteiger partial charge is 0.251 e. The molecule has 4 rings (SSSR count). The lowest BCUT2D eigenvalue weighted by atomic mass is 9.97. The number of hydrogen-bond acceptors (Lipinski definition) is 6. The van der Waals surface area contributed by atoms with Gasteiger partial charge in [-0.25, -0.2) is 8.42 Å². The van der Waals surface area contributed by atoms with Crippen LogP contribution < -0.4 is 20.1 Å². The molecule has 2 aromatic rings. The Morgan fingerprint density at radius 3 is 2.48 bits per heavy atom. The molecule has 0 atom stereocenters. The first-order valence-corrected chi connectivity index (χ1v) is 12.3. The number of carbonyl (C=O) groups excluding carboxylic acids is 2. The zero-order valence-electron chi connectivity index (χ0n) is 18.4. The van der Waals surface area contributed by atoms with E-state index in [4.69, 9.17) is 9.47 Å². The van der Waals surface area contributed by atoms with Crippen LogP contribution in [0.1, 0.15) is 28.8 Å². The summed E-state index contributed by atoms with van der Waals surface area (Å²) in [5.41, 5.74) is 1.35. The van der Waals surface area contributed by atoms with Crippen molar-refractivity contribution in [3.8, 4) is 11.5 Å². The van der Waals surface area contributed by atoms with Crippen LogP contribution in [0.5, 0.6) is 11.5 Å². The van der Waals surface area contributed by atoms with Crippen LogP contribution in [0.3, 0.4) is 0 Å². The van der Waals surface area contributed by atoms with Gasteiger partial charge < -0.3 is 20.1 Å². The van der Waals surface area contributed by atoms with Crippen LogP contribution in [0.4, 0.5) is 0 Å². The van der Waals surface area contributed by atoms with E-state index >= 15 is 0 Å². The van der Waals surface area contributed by atoms with Crippen molar-refractivity contribution >= 4 is 21.8 Å². The average molecular weight is 474 g/mol. The number of rotatable bonds is 6. The second-order valence-electron chi connectivity index (χ2n) is 7.98. The third-order valence-electron chi connectivity index (χ3n) is 5.86. The van der Waals surface area contributed by atoms with Gasteiger partial charge in [0.25, 0.3) is 5.91 Å². The minimum absolute atomic E-state index is 0.114. The van der Waals surface area contributed by atoms with Gasteiger partial charge in [0.15, 0.2) is 11.5 Å². The molecule has 2 N–H and O–H groups in total. The highest BCUT2D eigenvalue weighted by atomic mass is 32.2. The summed E-state index contributed by atoms with van der Waals surface area (Å²) in [5.74, 6) is 0.402. The molecule has 0 unspecified atom stereocenters. The predicted molar refractivity (Wildman–Crippen MR) is 121 cm³/mol. The van der Waals surface area contributed by atoms with Crippen LogP contribution in [-0.4, -0.2) is 57.9 Å². The van der Waals surface area contributed by atoms with Gasteiger partial charge in [0.05, 0.1) is 4.90 Å². The third-order valence-corrected chi connectivity index (χ3v) is 7.75. The maximum Gasteiger partial charge on any atom is 0.251 e. The highest BCUT2D eigenvalue weighted by molar-refractivity contribution is 7.89. The van der Waals surface area contributed by atoms with Crippen molar-refractivity contribution in [3.05, 3.63) is 53.6 Å². The molecule has 0 bridgehead atoms. The van der Waals surface area contributed by atoms with E-state index in [2.05, 4.69) is 10.6 Å². The lowest BCUT2D eigenvalue weighted by Crippen LogP contribution is -2.42. The van der Waals surface area contributed by atoms with Gasteiger partial charge in [-0.1, -0.05) is 12.1 Å². The predicted octanol–water partition coefficient (Wildman–Crippen LogP) is 1.53. The molecule has 1 fully saturated rings. The van der Waals surface area contributed by atoms with E-state index in [1.54, 1.807) is 31.3 Å². The van der Waals surface area contributed by atoms with Gasteiger partial charge >= 0.3 is 0 Å². The van der Waals surface area contributed by atoms with Crippen molar-refractivity contribution in [3.63, 3.8) is 0 Å². The number of benzene rings is 2. The number of sulfonamides is 1. The number of amides is 2. The molecule has 0 radical (unpaired) electrons. The summed E-state index contributed by atoms with van der Waals surface area (Å²) in [6.45, 7) is 1.66. The summed E-state index contributed by atoms with van der Waals surface area (Å²) in [6, 6.07) is 11.7. The van der Waals surface area contributed by atoms with Crippen LogP contribution in [0.2, 0.25) is 0 Å². The fraction of sp³-hybridized carbons (Fsp3) is 0.391. The lowest BCUT2D eigenvalue weighted by molar-refractivity contribution is -0.126. The Kier molecular flexibility index (Phi) is 6.85. The summed E-state index contributed by atoms with van der Waals surface area (Å²) in [4.78, 5) is 24.6. The second kappa shape index (κ2) is 9.80. The third kappa shape index (κ3) is 5.12. The molecule has 2 heterocycles. The molecule has 1 saturated heterocycles. The van der Waals surface area contributed by atoms with Crippen LogP contribution in [0.15, 0.2) is 47.4 Å². The number of carbonyl (C=O) groups is 2. The first-order chi connectivity index (χ1) is 15.9. The number of nitrogens with one attached hydrogen (secondary N) is 2. The van der Waals surface area contributed by atoms with E-state index in [1.807, 2.05) is 6.07 Å².